The summed E-state index contributed by atoms with van der Waals surface area (Å²) in [6.45, 7) is 0. The normalized spacial score (nSPS) is 16.6. The first kappa shape index (κ1) is 11.7. The van der Waals surface area contributed by atoms with Crippen LogP contribution in [0.15, 0.2) is 12.1 Å². The highest BCUT2D eigenvalue weighted by Crippen LogP contribution is 2.55. The Morgan fingerprint density at radius 2 is 2.18 bits per heavy atom. The number of aliphatic carboxylic acids is 1. The summed E-state index contributed by atoms with van der Waals surface area (Å²) in [5.41, 5.74) is -0.646. The van der Waals surface area contributed by atoms with Crippen molar-refractivity contribution in [1.29, 1.82) is 0 Å². The van der Waals surface area contributed by atoms with E-state index in [2.05, 4.69) is 0 Å². The van der Waals surface area contributed by atoms with Crippen LogP contribution in [0, 0.1) is 5.82 Å². The minimum atomic E-state index is -0.989. The molecule has 0 aromatic heterocycles. The number of methoxy groups -OCH3 is 1. The molecule has 1 aromatic rings. The third-order valence-electron chi connectivity index (χ3n) is 3.15. The number of hydrogen-bond donors (Lipinski definition) is 2. The van der Waals surface area contributed by atoms with E-state index in [4.69, 9.17) is 9.84 Å². The van der Waals surface area contributed by atoms with Gasteiger partial charge in [0.1, 0.15) is 17.3 Å². The van der Waals surface area contributed by atoms with E-state index < -0.39 is 17.2 Å². The van der Waals surface area contributed by atoms with Crippen molar-refractivity contribution in [3.8, 4) is 11.5 Å². The van der Waals surface area contributed by atoms with Gasteiger partial charge in [0.25, 0.3) is 0 Å². The second kappa shape index (κ2) is 3.91. The molecule has 0 atom stereocenters. The summed E-state index contributed by atoms with van der Waals surface area (Å²) in [7, 11) is 1.37. The molecule has 1 aliphatic rings. The molecule has 2 rings (SSSR count). The molecular formula is C12H13FO4. The van der Waals surface area contributed by atoms with Crippen molar-refractivity contribution in [3.05, 3.63) is 23.5 Å². The van der Waals surface area contributed by atoms with Crippen LogP contribution >= 0.6 is 0 Å². The predicted molar refractivity (Wildman–Crippen MR) is 57.8 cm³/mol. The number of carboxylic acid groups (broad SMARTS) is 1. The smallest absolute Gasteiger partial charge is 0.304 e. The van der Waals surface area contributed by atoms with Gasteiger partial charge in [0.05, 0.1) is 13.5 Å². The number of benzene rings is 1. The van der Waals surface area contributed by atoms with Crippen LogP contribution in [-0.4, -0.2) is 23.3 Å². The van der Waals surface area contributed by atoms with Gasteiger partial charge in [0, 0.05) is 23.1 Å². The number of ether oxygens (including phenoxy) is 1. The van der Waals surface area contributed by atoms with E-state index in [1.54, 1.807) is 0 Å². The van der Waals surface area contributed by atoms with Gasteiger partial charge < -0.3 is 14.9 Å². The van der Waals surface area contributed by atoms with E-state index in [1.165, 1.54) is 13.2 Å². The van der Waals surface area contributed by atoms with Crippen LogP contribution in [-0.2, 0) is 10.2 Å². The molecule has 17 heavy (non-hydrogen) atoms. The lowest BCUT2D eigenvalue weighted by molar-refractivity contribution is -0.137. The second-order valence-electron chi connectivity index (χ2n) is 4.35. The summed E-state index contributed by atoms with van der Waals surface area (Å²) in [4.78, 5) is 10.7. The Hall–Kier alpha value is -1.78. The highest BCUT2D eigenvalue weighted by Gasteiger charge is 2.49. The zero-order valence-corrected chi connectivity index (χ0v) is 9.36. The van der Waals surface area contributed by atoms with Gasteiger partial charge in [0.15, 0.2) is 0 Å². The fraction of sp³-hybridized carbons (Fsp3) is 0.417. The Labute approximate surface area is 97.6 Å². The molecular weight excluding hydrogens is 227 g/mol. The zero-order valence-electron chi connectivity index (χ0n) is 9.36. The highest BCUT2D eigenvalue weighted by molar-refractivity contribution is 5.70. The lowest BCUT2D eigenvalue weighted by Gasteiger charge is -2.16. The second-order valence-corrected chi connectivity index (χ2v) is 4.35. The predicted octanol–water partition coefficient (Wildman–Crippen LogP) is 2.05. The summed E-state index contributed by atoms with van der Waals surface area (Å²) >= 11 is 0. The Morgan fingerprint density at radius 1 is 1.53 bits per heavy atom. The molecule has 0 aliphatic heterocycles. The van der Waals surface area contributed by atoms with Gasteiger partial charge >= 0.3 is 5.97 Å². The first-order valence-electron chi connectivity index (χ1n) is 5.27. The number of phenols is 1. The van der Waals surface area contributed by atoms with Gasteiger partial charge in [-0.15, -0.1) is 0 Å². The molecule has 92 valence electrons. The molecule has 1 aliphatic carbocycles. The summed E-state index contributed by atoms with van der Waals surface area (Å²) < 4.78 is 18.7. The average Bonchev–Trinajstić information content (AvgIpc) is 2.96. The number of carboxylic acids is 1. The van der Waals surface area contributed by atoms with Gasteiger partial charge in [-0.1, -0.05) is 0 Å². The standard InChI is InChI=1S/C12H13FO4/c1-17-7-4-8(13)11(9(14)5-7)12(2-3-12)6-10(15)16/h4-5,14H,2-3,6H2,1H3,(H,15,16). The van der Waals surface area contributed by atoms with Crippen molar-refractivity contribution >= 4 is 5.97 Å². The number of hydrogen-bond acceptors (Lipinski definition) is 3. The maximum Gasteiger partial charge on any atom is 0.304 e. The molecule has 1 fully saturated rings. The van der Waals surface area contributed by atoms with Gasteiger partial charge in [-0.05, 0) is 12.8 Å². The molecule has 2 N–H and O–H groups in total. The van der Waals surface area contributed by atoms with E-state index in [0.29, 0.717) is 12.8 Å². The summed E-state index contributed by atoms with van der Waals surface area (Å²) in [5, 5.41) is 18.6. The molecule has 5 heteroatoms. The third kappa shape index (κ3) is 2.05. The quantitative estimate of drug-likeness (QED) is 0.845. The summed E-state index contributed by atoms with van der Waals surface area (Å²) in [5.74, 6) is -1.62. The van der Waals surface area contributed by atoms with Crippen LogP contribution in [0.3, 0.4) is 0 Å². The van der Waals surface area contributed by atoms with E-state index in [1.807, 2.05) is 0 Å². The number of aromatic hydroxyl groups is 1. The maximum atomic E-state index is 13.9. The number of carbonyl (C=O) groups is 1. The van der Waals surface area contributed by atoms with Gasteiger partial charge in [-0.3, -0.25) is 4.79 Å². The van der Waals surface area contributed by atoms with Crippen LogP contribution in [0.1, 0.15) is 24.8 Å². The molecule has 1 saturated carbocycles. The third-order valence-corrected chi connectivity index (χ3v) is 3.15. The number of halogens is 1. The number of rotatable bonds is 4. The molecule has 0 radical (unpaired) electrons. The van der Waals surface area contributed by atoms with Crippen molar-refractivity contribution in [1.82, 2.24) is 0 Å². The highest BCUT2D eigenvalue weighted by atomic mass is 19.1. The van der Waals surface area contributed by atoms with Crippen LogP contribution in [0.5, 0.6) is 11.5 Å². The summed E-state index contributed by atoms with van der Waals surface area (Å²) in [6.07, 6.45) is 0.996. The van der Waals surface area contributed by atoms with Crippen LogP contribution < -0.4 is 4.74 Å². The minimum Gasteiger partial charge on any atom is -0.507 e. The topological polar surface area (TPSA) is 66.8 Å². The van der Waals surface area contributed by atoms with E-state index in [0.717, 1.165) is 6.07 Å². The van der Waals surface area contributed by atoms with Gasteiger partial charge in [-0.2, -0.15) is 0 Å². The Balaban J connectivity index is 2.42. The van der Waals surface area contributed by atoms with Crippen molar-refractivity contribution in [2.75, 3.05) is 7.11 Å². The van der Waals surface area contributed by atoms with Crippen LogP contribution in [0.4, 0.5) is 4.39 Å². The fourth-order valence-electron chi connectivity index (χ4n) is 2.17. The molecule has 0 bridgehead atoms. The molecule has 0 heterocycles. The monoisotopic (exact) mass is 240 g/mol. The van der Waals surface area contributed by atoms with Gasteiger partial charge in [0.2, 0.25) is 0 Å². The van der Waals surface area contributed by atoms with Crippen LogP contribution in [0.25, 0.3) is 0 Å². The lowest BCUT2D eigenvalue weighted by Crippen LogP contribution is -2.15. The summed E-state index contributed by atoms with van der Waals surface area (Å²) in [6, 6.07) is 2.47. The molecule has 0 unspecified atom stereocenters. The van der Waals surface area contributed by atoms with Crippen molar-refractivity contribution in [3.63, 3.8) is 0 Å². The first-order valence-corrected chi connectivity index (χ1v) is 5.27. The van der Waals surface area contributed by atoms with E-state index in [9.17, 15) is 14.3 Å². The Morgan fingerprint density at radius 3 is 2.59 bits per heavy atom. The molecule has 0 saturated heterocycles. The largest absolute Gasteiger partial charge is 0.507 e. The maximum absolute atomic E-state index is 13.9. The minimum absolute atomic E-state index is 0.0979. The SMILES string of the molecule is COc1cc(O)c(C2(CC(=O)O)CC2)c(F)c1. The first-order chi connectivity index (χ1) is 7.98. The van der Waals surface area contributed by atoms with Crippen molar-refractivity contribution < 1.29 is 24.1 Å². The van der Waals surface area contributed by atoms with E-state index >= 15 is 0 Å². The zero-order chi connectivity index (χ0) is 12.6. The lowest BCUT2D eigenvalue weighted by atomic mass is 9.91. The fourth-order valence-corrected chi connectivity index (χ4v) is 2.17. The Kier molecular flexibility index (Phi) is 2.69. The molecule has 1 aromatic carbocycles. The molecule has 4 nitrogen and oxygen atoms in total. The van der Waals surface area contributed by atoms with Crippen molar-refractivity contribution in [2.24, 2.45) is 0 Å². The number of phenolic OH excluding ortho intramolecular Hbond substituents is 1. The van der Waals surface area contributed by atoms with Gasteiger partial charge in [-0.25, -0.2) is 4.39 Å². The van der Waals surface area contributed by atoms with Crippen molar-refractivity contribution in [2.45, 2.75) is 24.7 Å². The average molecular weight is 240 g/mol. The van der Waals surface area contributed by atoms with Crippen LogP contribution in [0.2, 0.25) is 0 Å². The molecule has 0 amide bonds. The van der Waals surface area contributed by atoms with E-state index in [-0.39, 0.29) is 23.5 Å². The molecule has 0 spiro atoms. The Bertz CT molecular complexity index is 443.